The van der Waals surface area contributed by atoms with Crippen LogP contribution in [0, 0.1) is 5.92 Å². The van der Waals surface area contributed by atoms with Crippen LogP contribution in [-0.4, -0.2) is 24.2 Å². The summed E-state index contributed by atoms with van der Waals surface area (Å²) >= 11 is 0. The number of phenolic OH excluding ortho intramolecular Hbond substituents is 1. The lowest BCUT2D eigenvalue weighted by atomic mass is 9.92. The van der Waals surface area contributed by atoms with Crippen LogP contribution in [0.4, 0.5) is 0 Å². The fraction of sp³-hybridized carbons (Fsp3) is 0.500. The second-order valence-corrected chi connectivity index (χ2v) is 5.11. The average molecular weight is 247 g/mol. The maximum absolute atomic E-state index is 11.6. The monoisotopic (exact) mass is 247 g/mol. The second kappa shape index (κ2) is 4.61. The van der Waals surface area contributed by atoms with Crippen molar-refractivity contribution in [2.75, 3.05) is 13.2 Å². The number of carbonyl (C=O) groups excluding carboxylic acids is 1. The fourth-order valence-corrected chi connectivity index (χ4v) is 2.40. The Morgan fingerprint density at radius 1 is 1.44 bits per heavy atom. The molecule has 1 aromatic rings. The summed E-state index contributed by atoms with van der Waals surface area (Å²) in [4.78, 5) is 11.6. The van der Waals surface area contributed by atoms with Crippen LogP contribution in [0.5, 0.6) is 5.75 Å². The standard InChI is InChI=1S/C14H17NO3/c16-12-3-4-13-10(5-12)7-18-8-11(13)6-15-14(17)9-1-2-9/h3-5,9,11,16H,1-2,6-8H2,(H,15,17). The van der Waals surface area contributed by atoms with E-state index in [2.05, 4.69) is 5.32 Å². The third-order valence-electron chi connectivity index (χ3n) is 3.61. The second-order valence-electron chi connectivity index (χ2n) is 5.11. The number of nitrogens with one attached hydrogen (secondary N) is 1. The molecule has 0 aromatic heterocycles. The molecule has 96 valence electrons. The molecule has 1 amide bonds. The first kappa shape index (κ1) is 11.5. The molecule has 0 saturated heterocycles. The molecule has 1 fully saturated rings. The summed E-state index contributed by atoms with van der Waals surface area (Å²) < 4.78 is 5.51. The lowest BCUT2D eigenvalue weighted by Gasteiger charge is -2.26. The predicted molar refractivity (Wildman–Crippen MR) is 66.2 cm³/mol. The number of phenols is 1. The maximum atomic E-state index is 11.6. The van der Waals surface area contributed by atoms with E-state index in [0.717, 1.165) is 18.4 Å². The SMILES string of the molecule is O=C(NCC1COCc2cc(O)ccc21)C1CC1. The molecule has 1 unspecified atom stereocenters. The Labute approximate surface area is 106 Å². The average Bonchev–Trinajstić information content (AvgIpc) is 3.19. The minimum atomic E-state index is 0.168. The zero-order valence-corrected chi connectivity index (χ0v) is 10.2. The van der Waals surface area contributed by atoms with Gasteiger partial charge in [0.15, 0.2) is 0 Å². The molecule has 1 aliphatic heterocycles. The van der Waals surface area contributed by atoms with Crippen molar-refractivity contribution in [3.05, 3.63) is 29.3 Å². The summed E-state index contributed by atoms with van der Waals surface area (Å²) in [7, 11) is 0. The molecule has 4 nitrogen and oxygen atoms in total. The van der Waals surface area contributed by atoms with Gasteiger partial charge in [-0.3, -0.25) is 4.79 Å². The largest absolute Gasteiger partial charge is 0.508 e. The Morgan fingerprint density at radius 2 is 2.28 bits per heavy atom. The Kier molecular flexibility index (Phi) is 2.96. The summed E-state index contributed by atoms with van der Waals surface area (Å²) in [6.45, 7) is 1.78. The van der Waals surface area contributed by atoms with Gasteiger partial charge in [0.05, 0.1) is 13.2 Å². The van der Waals surface area contributed by atoms with E-state index in [4.69, 9.17) is 4.74 Å². The van der Waals surface area contributed by atoms with Crippen LogP contribution >= 0.6 is 0 Å². The Bertz CT molecular complexity index is 468. The van der Waals surface area contributed by atoms with Gasteiger partial charge in [-0.2, -0.15) is 0 Å². The van der Waals surface area contributed by atoms with Crippen molar-refractivity contribution < 1.29 is 14.6 Å². The quantitative estimate of drug-likeness (QED) is 0.851. The van der Waals surface area contributed by atoms with E-state index < -0.39 is 0 Å². The van der Waals surface area contributed by atoms with E-state index in [0.29, 0.717) is 19.8 Å². The van der Waals surface area contributed by atoms with Gasteiger partial charge < -0.3 is 15.2 Å². The summed E-state index contributed by atoms with van der Waals surface area (Å²) in [6.07, 6.45) is 2.05. The van der Waals surface area contributed by atoms with Crippen LogP contribution in [0.2, 0.25) is 0 Å². The van der Waals surface area contributed by atoms with E-state index in [-0.39, 0.29) is 23.5 Å². The van der Waals surface area contributed by atoms with E-state index in [1.54, 1.807) is 12.1 Å². The third-order valence-corrected chi connectivity index (χ3v) is 3.61. The maximum Gasteiger partial charge on any atom is 0.223 e. The van der Waals surface area contributed by atoms with Crippen molar-refractivity contribution in [3.8, 4) is 5.75 Å². The lowest BCUT2D eigenvalue weighted by molar-refractivity contribution is -0.122. The molecule has 3 rings (SSSR count). The Balaban J connectivity index is 1.68. The van der Waals surface area contributed by atoms with Crippen LogP contribution in [0.3, 0.4) is 0 Å². The molecule has 2 N–H and O–H groups in total. The Morgan fingerprint density at radius 3 is 3.06 bits per heavy atom. The molecular weight excluding hydrogens is 230 g/mol. The van der Waals surface area contributed by atoms with Gasteiger partial charge in [0, 0.05) is 18.4 Å². The number of aromatic hydroxyl groups is 1. The molecular formula is C14H17NO3. The van der Waals surface area contributed by atoms with Gasteiger partial charge in [0.1, 0.15) is 5.75 Å². The highest BCUT2D eigenvalue weighted by atomic mass is 16.5. The molecule has 18 heavy (non-hydrogen) atoms. The molecule has 1 aromatic carbocycles. The van der Waals surface area contributed by atoms with Gasteiger partial charge in [-0.1, -0.05) is 6.07 Å². The minimum Gasteiger partial charge on any atom is -0.508 e. The van der Waals surface area contributed by atoms with Gasteiger partial charge in [-0.25, -0.2) is 0 Å². The molecule has 0 bridgehead atoms. The topological polar surface area (TPSA) is 58.6 Å². The molecule has 4 heteroatoms. The van der Waals surface area contributed by atoms with E-state index in [1.165, 1.54) is 5.56 Å². The number of carbonyl (C=O) groups is 1. The fourth-order valence-electron chi connectivity index (χ4n) is 2.40. The highest BCUT2D eigenvalue weighted by Crippen LogP contribution is 2.31. The predicted octanol–water partition coefficient (Wildman–Crippen LogP) is 1.53. The molecule has 0 radical (unpaired) electrons. The normalized spacial score (nSPS) is 22.3. The van der Waals surface area contributed by atoms with Crippen molar-refractivity contribution in [3.63, 3.8) is 0 Å². The summed E-state index contributed by atoms with van der Waals surface area (Å²) in [5.74, 6) is 0.867. The first-order valence-electron chi connectivity index (χ1n) is 6.41. The number of fused-ring (bicyclic) bond motifs is 1. The van der Waals surface area contributed by atoms with Crippen molar-refractivity contribution in [2.45, 2.75) is 25.4 Å². The Hall–Kier alpha value is -1.55. The number of hydrogen-bond donors (Lipinski definition) is 2. The van der Waals surface area contributed by atoms with Crippen molar-refractivity contribution >= 4 is 5.91 Å². The molecule has 1 heterocycles. The smallest absolute Gasteiger partial charge is 0.223 e. The van der Waals surface area contributed by atoms with Crippen LogP contribution in [-0.2, 0) is 16.1 Å². The molecule has 1 saturated carbocycles. The van der Waals surface area contributed by atoms with E-state index >= 15 is 0 Å². The first-order valence-corrected chi connectivity index (χ1v) is 6.41. The number of rotatable bonds is 3. The van der Waals surface area contributed by atoms with Crippen LogP contribution in [0.1, 0.15) is 29.9 Å². The zero-order chi connectivity index (χ0) is 12.5. The lowest BCUT2D eigenvalue weighted by Crippen LogP contribution is -2.33. The molecule has 2 aliphatic rings. The molecule has 0 spiro atoms. The number of hydrogen-bond acceptors (Lipinski definition) is 3. The molecule has 1 atom stereocenters. The van der Waals surface area contributed by atoms with Crippen molar-refractivity contribution in [1.82, 2.24) is 5.32 Å². The van der Waals surface area contributed by atoms with Crippen molar-refractivity contribution in [2.24, 2.45) is 5.92 Å². The zero-order valence-electron chi connectivity index (χ0n) is 10.2. The number of amides is 1. The van der Waals surface area contributed by atoms with E-state index in [9.17, 15) is 9.90 Å². The number of benzene rings is 1. The van der Waals surface area contributed by atoms with Gasteiger partial charge >= 0.3 is 0 Å². The van der Waals surface area contributed by atoms with Gasteiger partial charge in [-0.05, 0) is 36.1 Å². The highest BCUT2D eigenvalue weighted by molar-refractivity contribution is 5.80. The van der Waals surface area contributed by atoms with Crippen molar-refractivity contribution in [1.29, 1.82) is 0 Å². The summed E-state index contributed by atoms with van der Waals surface area (Å²) in [5, 5.41) is 12.4. The summed E-state index contributed by atoms with van der Waals surface area (Å²) in [6, 6.07) is 5.37. The molecule has 1 aliphatic carbocycles. The van der Waals surface area contributed by atoms with Crippen LogP contribution in [0.25, 0.3) is 0 Å². The first-order chi connectivity index (χ1) is 8.74. The minimum absolute atomic E-state index is 0.168. The van der Waals surface area contributed by atoms with Gasteiger partial charge in [-0.15, -0.1) is 0 Å². The van der Waals surface area contributed by atoms with Gasteiger partial charge in [0.25, 0.3) is 0 Å². The number of ether oxygens (including phenoxy) is 1. The van der Waals surface area contributed by atoms with Gasteiger partial charge in [0.2, 0.25) is 5.91 Å². The van der Waals surface area contributed by atoms with Crippen LogP contribution in [0.15, 0.2) is 18.2 Å². The third kappa shape index (κ3) is 2.34. The summed E-state index contributed by atoms with van der Waals surface area (Å²) in [5.41, 5.74) is 2.20. The van der Waals surface area contributed by atoms with Crippen LogP contribution < -0.4 is 5.32 Å². The van der Waals surface area contributed by atoms with E-state index in [1.807, 2.05) is 6.07 Å². The highest BCUT2D eigenvalue weighted by Gasteiger charge is 2.30.